The molecule has 0 saturated heterocycles. The van der Waals surface area contributed by atoms with Crippen LogP contribution in [0.5, 0.6) is 0 Å². The molecule has 0 fully saturated rings. The van der Waals surface area contributed by atoms with Crippen LogP contribution in [0.1, 0.15) is 11.1 Å². The standard InChI is InChI=1S/C12H11BrN2O/c1-8-2-4-9(5-3-8)11-6-10(7-13)12(16)15-14-11/h2-6H,7H2,1H3,(H,15,16). The molecular weight excluding hydrogens is 268 g/mol. The SMILES string of the molecule is Cc1ccc(-c2cc(CBr)c(=O)[nH]n2)cc1. The molecule has 82 valence electrons. The molecule has 3 nitrogen and oxygen atoms in total. The van der Waals surface area contributed by atoms with Crippen molar-refractivity contribution in [3.8, 4) is 11.3 Å². The van der Waals surface area contributed by atoms with E-state index in [9.17, 15) is 4.79 Å². The number of aromatic amines is 1. The van der Waals surface area contributed by atoms with Gasteiger partial charge in [-0.1, -0.05) is 45.8 Å². The lowest BCUT2D eigenvalue weighted by atomic mass is 10.1. The van der Waals surface area contributed by atoms with Crippen molar-refractivity contribution in [3.63, 3.8) is 0 Å². The molecule has 0 bridgehead atoms. The van der Waals surface area contributed by atoms with Gasteiger partial charge in [0.25, 0.3) is 5.56 Å². The molecule has 0 spiro atoms. The summed E-state index contributed by atoms with van der Waals surface area (Å²) in [4.78, 5) is 11.3. The van der Waals surface area contributed by atoms with Crippen LogP contribution in [0.15, 0.2) is 35.1 Å². The highest BCUT2D eigenvalue weighted by molar-refractivity contribution is 9.08. The van der Waals surface area contributed by atoms with Crippen molar-refractivity contribution in [3.05, 3.63) is 51.8 Å². The van der Waals surface area contributed by atoms with E-state index in [2.05, 4.69) is 26.1 Å². The summed E-state index contributed by atoms with van der Waals surface area (Å²) in [7, 11) is 0. The number of benzene rings is 1. The zero-order chi connectivity index (χ0) is 11.5. The molecule has 1 aromatic heterocycles. The Morgan fingerprint density at radius 3 is 2.62 bits per heavy atom. The van der Waals surface area contributed by atoms with Crippen LogP contribution in [0.4, 0.5) is 0 Å². The maximum Gasteiger partial charge on any atom is 0.268 e. The van der Waals surface area contributed by atoms with Gasteiger partial charge in [0.05, 0.1) is 5.69 Å². The van der Waals surface area contributed by atoms with E-state index in [1.165, 1.54) is 5.56 Å². The topological polar surface area (TPSA) is 45.8 Å². The van der Waals surface area contributed by atoms with Crippen LogP contribution in [0.2, 0.25) is 0 Å². The first-order valence-electron chi connectivity index (χ1n) is 4.92. The first kappa shape index (κ1) is 11.1. The smallest absolute Gasteiger partial charge is 0.268 e. The lowest BCUT2D eigenvalue weighted by Gasteiger charge is -2.02. The van der Waals surface area contributed by atoms with Gasteiger partial charge in [-0.25, -0.2) is 5.10 Å². The van der Waals surface area contributed by atoms with Gasteiger partial charge in [0, 0.05) is 16.5 Å². The van der Waals surface area contributed by atoms with Crippen LogP contribution < -0.4 is 5.56 Å². The Hall–Kier alpha value is -1.42. The largest absolute Gasteiger partial charge is 0.268 e. The van der Waals surface area contributed by atoms with Crippen molar-refractivity contribution < 1.29 is 0 Å². The second-order valence-electron chi connectivity index (χ2n) is 3.61. The van der Waals surface area contributed by atoms with Crippen LogP contribution in [0.3, 0.4) is 0 Å². The molecule has 0 aliphatic heterocycles. The fraction of sp³-hybridized carbons (Fsp3) is 0.167. The average Bonchev–Trinajstić information content (AvgIpc) is 2.31. The van der Waals surface area contributed by atoms with E-state index in [1.807, 2.05) is 31.2 Å². The van der Waals surface area contributed by atoms with Crippen molar-refractivity contribution >= 4 is 15.9 Å². The zero-order valence-electron chi connectivity index (χ0n) is 8.83. The summed E-state index contributed by atoms with van der Waals surface area (Å²) in [6, 6.07) is 9.84. The Balaban J connectivity index is 2.48. The zero-order valence-corrected chi connectivity index (χ0v) is 10.4. The van der Waals surface area contributed by atoms with Crippen molar-refractivity contribution in [2.45, 2.75) is 12.3 Å². The first-order chi connectivity index (χ1) is 7.70. The number of nitrogens with zero attached hydrogens (tertiary/aromatic N) is 1. The third kappa shape index (κ3) is 2.22. The van der Waals surface area contributed by atoms with Crippen LogP contribution in [0, 0.1) is 6.92 Å². The molecular formula is C12H11BrN2O. The fourth-order valence-corrected chi connectivity index (χ4v) is 1.83. The number of aromatic nitrogens is 2. The third-order valence-corrected chi connectivity index (χ3v) is 2.98. The molecule has 1 heterocycles. The number of hydrogen-bond donors (Lipinski definition) is 1. The molecule has 2 aromatic rings. The third-order valence-electron chi connectivity index (χ3n) is 2.37. The van der Waals surface area contributed by atoms with E-state index in [4.69, 9.17) is 0 Å². The van der Waals surface area contributed by atoms with Gasteiger partial charge in [-0.05, 0) is 13.0 Å². The number of halogens is 1. The first-order valence-corrected chi connectivity index (χ1v) is 6.04. The lowest BCUT2D eigenvalue weighted by Crippen LogP contribution is -2.13. The Labute approximate surface area is 102 Å². The van der Waals surface area contributed by atoms with Gasteiger partial charge in [0.2, 0.25) is 0 Å². The molecule has 0 atom stereocenters. The maximum absolute atomic E-state index is 11.3. The number of alkyl halides is 1. The van der Waals surface area contributed by atoms with E-state index in [0.717, 1.165) is 11.3 Å². The second kappa shape index (κ2) is 4.61. The molecule has 0 radical (unpaired) electrons. The summed E-state index contributed by atoms with van der Waals surface area (Å²) in [6.07, 6.45) is 0. The molecule has 0 unspecified atom stereocenters. The summed E-state index contributed by atoms with van der Waals surface area (Å²) in [6.45, 7) is 2.04. The second-order valence-corrected chi connectivity index (χ2v) is 4.17. The lowest BCUT2D eigenvalue weighted by molar-refractivity contribution is 0.973. The Kier molecular flexibility index (Phi) is 3.19. The van der Waals surface area contributed by atoms with Gasteiger partial charge in [0.15, 0.2) is 0 Å². The number of hydrogen-bond acceptors (Lipinski definition) is 2. The molecule has 0 aliphatic rings. The molecule has 1 aromatic carbocycles. The minimum absolute atomic E-state index is 0.146. The Morgan fingerprint density at radius 1 is 1.31 bits per heavy atom. The minimum atomic E-state index is -0.146. The van der Waals surface area contributed by atoms with E-state index < -0.39 is 0 Å². The quantitative estimate of drug-likeness (QED) is 0.859. The number of nitrogens with one attached hydrogen (secondary N) is 1. The number of H-pyrrole nitrogens is 1. The van der Waals surface area contributed by atoms with E-state index >= 15 is 0 Å². The van der Waals surface area contributed by atoms with E-state index in [0.29, 0.717) is 10.9 Å². The van der Waals surface area contributed by atoms with Gasteiger partial charge in [-0.2, -0.15) is 5.10 Å². The highest BCUT2D eigenvalue weighted by Gasteiger charge is 2.03. The Morgan fingerprint density at radius 2 is 2.00 bits per heavy atom. The monoisotopic (exact) mass is 278 g/mol. The van der Waals surface area contributed by atoms with E-state index in [1.54, 1.807) is 6.07 Å². The normalized spacial score (nSPS) is 10.4. The molecule has 2 rings (SSSR count). The molecule has 0 aliphatic carbocycles. The predicted octanol–water partition coefficient (Wildman–Crippen LogP) is 2.64. The molecule has 4 heteroatoms. The molecule has 1 N–H and O–H groups in total. The van der Waals surface area contributed by atoms with Crippen LogP contribution >= 0.6 is 15.9 Å². The van der Waals surface area contributed by atoms with Crippen LogP contribution in [-0.4, -0.2) is 10.2 Å². The highest BCUT2D eigenvalue weighted by Crippen LogP contribution is 2.17. The van der Waals surface area contributed by atoms with Gasteiger partial charge < -0.3 is 0 Å². The summed E-state index contributed by atoms with van der Waals surface area (Å²) in [5, 5.41) is 7.06. The van der Waals surface area contributed by atoms with Crippen molar-refractivity contribution in [2.75, 3.05) is 0 Å². The van der Waals surface area contributed by atoms with E-state index in [-0.39, 0.29) is 5.56 Å². The predicted molar refractivity (Wildman–Crippen MR) is 67.7 cm³/mol. The Bertz CT molecular complexity index is 546. The summed E-state index contributed by atoms with van der Waals surface area (Å²) in [5.41, 5.74) is 3.53. The number of rotatable bonds is 2. The average molecular weight is 279 g/mol. The summed E-state index contributed by atoms with van der Waals surface area (Å²) in [5.74, 6) is 0. The molecule has 0 amide bonds. The van der Waals surface area contributed by atoms with Crippen molar-refractivity contribution in [1.29, 1.82) is 0 Å². The van der Waals surface area contributed by atoms with Gasteiger partial charge in [-0.3, -0.25) is 4.79 Å². The minimum Gasteiger partial charge on any atom is -0.268 e. The molecule has 16 heavy (non-hydrogen) atoms. The van der Waals surface area contributed by atoms with Crippen molar-refractivity contribution in [2.24, 2.45) is 0 Å². The molecule has 0 saturated carbocycles. The van der Waals surface area contributed by atoms with Crippen molar-refractivity contribution in [1.82, 2.24) is 10.2 Å². The van der Waals surface area contributed by atoms with Gasteiger partial charge in [0.1, 0.15) is 0 Å². The maximum atomic E-state index is 11.3. The fourth-order valence-electron chi connectivity index (χ4n) is 1.42. The number of aryl methyl sites for hydroxylation is 1. The van der Waals surface area contributed by atoms with Gasteiger partial charge >= 0.3 is 0 Å². The summed E-state index contributed by atoms with van der Waals surface area (Å²) >= 11 is 3.28. The highest BCUT2D eigenvalue weighted by atomic mass is 79.9. The summed E-state index contributed by atoms with van der Waals surface area (Å²) < 4.78 is 0. The van der Waals surface area contributed by atoms with Crippen LogP contribution in [0.25, 0.3) is 11.3 Å². The van der Waals surface area contributed by atoms with Crippen LogP contribution in [-0.2, 0) is 5.33 Å². The van der Waals surface area contributed by atoms with Gasteiger partial charge in [-0.15, -0.1) is 0 Å².